The molecular weight excluding hydrogens is 520 g/mol. The molecule has 1 aromatic heterocycles. The van der Waals surface area contributed by atoms with Gasteiger partial charge < -0.3 is 19.6 Å². The fourth-order valence-electron chi connectivity index (χ4n) is 4.21. The van der Waals surface area contributed by atoms with Gasteiger partial charge in [0.2, 0.25) is 0 Å². The topological polar surface area (TPSA) is 91.9 Å². The van der Waals surface area contributed by atoms with Crippen LogP contribution >= 0.6 is 24.0 Å². The molecule has 5 rings (SSSR count). The molecule has 3 aromatic carbocycles. The second kappa shape index (κ2) is 11.1. The second-order valence-corrected chi connectivity index (χ2v) is 10.3. The van der Waals surface area contributed by atoms with E-state index in [1.807, 2.05) is 48.7 Å². The summed E-state index contributed by atoms with van der Waals surface area (Å²) in [6.45, 7) is 0.801. The number of hydrogen-bond donors (Lipinski definition) is 2. The molecule has 1 amide bonds. The Morgan fingerprint density at radius 1 is 1.11 bits per heavy atom. The van der Waals surface area contributed by atoms with Crippen LogP contribution < -0.4 is 9.47 Å². The number of ether oxygens (including phenoxy) is 2. The Labute approximate surface area is 229 Å². The largest absolute Gasteiger partial charge is 0.496 e. The molecule has 2 heterocycles. The van der Waals surface area contributed by atoms with E-state index in [1.54, 1.807) is 24.1 Å². The van der Waals surface area contributed by atoms with Gasteiger partial charge in [-0.1, -0.05) is 36.1 Å². The Kier molecular flexibility index (Phi) is 7.48. The van der Waals surface area contributed by atoms with Crippen LogP contribution in [0.1, 0.15) is 22.3 Å². The summed E-state index contributed by atoms with van der Waals surface area (Å²) in [5.41, 5.74) is 4.10. The molecule has 1 aliphatic heterocycles. The lowest BCUT2D eigenvalue weighted by Crippen LogP contribution is -2.29. The van der Waals surface area contributed by atoms with E-state index in [4.69, 9.17) is 26.8 Å². The van der Waals surface area contributed by atoms with Gasteiger partial charge in [-0.3, -0.25) is 9.69 Å². The van der Waals surface area contributed by atoms with Crippen LogP contribution in [0.5, 0.6) is 11.5 Å². The number of thiocarbonyl (C=S) groups is 1. The number of carbonyl (C=O) groups is 2. The van der Waals surface area contributed by atoms with Crippen molar-refractivity contribution in [3.63, 3.8) is 0 Å². The molecule has 7 nitrogen and oxygen atoms in total. The monoisotopic (exact) mass is 544 g/mol. The zero-order valence-electron chi connectivity index (χ0n) is 20.5. The molecule has 0 atom stereocenters. The number of thioether (sulfide) groups is 1. The number of benzene rings is 3. The van der Waals surface area contributed by atoms with Crippen LogP contribution in [0.4, 0.5) is 0 Å². The number of fused-ring (bicyclic) bond motifs is 1. The fourth-order valence-corrected chi connectivity index (χ4v) is 5.52. The number of aromatic amines is 1. The number of nitrogens with one attached hydrogen (secondary N) is 1. The normalized spacial score (nSPS) is 14.4. The predicted octanol–water partition coefficient (Wildman–Crippen LogP) is 6.21. The maximum absolute atomic E-state index is 13.1. The summed E-state index contributed by atoms with van der Waals surface area (Å²) in [6.07, 6.45) is 4.35. The van der Waals surface area contributed by atoms with E-state index >= 15 is 0 Å². The number of rotatable bonds is 9. The van der Waals surface area contributed by atoms with Gasteiger partial charge in [0.1, 0.15) is 15.8 Å². The molecule has 0 saturated carbocycles. The van der Waals surface area contributed by atoms with E-state index in [2.05, 4.69) is 11.1 Å². The van der Waals surface area contributed by atoms with Crippen molar-refractivity contribution in [1.29, 1.82) is 0 Å². The number of nitrogens with zero attached hydrogens (tertiary/aromatic N) is 1. The Morgan fingerprint density at radius 2 is 1.92 bits per heavy atom. The number of carbonyl (C=O) groups excluding carboxylic acids is 1. The quantitative estimate of drug-likeness (QED) is 0.147. The first-order valence-electron chi connectivity index (χ1n) is 11.9. The molecule has 38 heavy (non-hydrogen) atoms. The zero-order valence-corrected chi connectivity index (χ0v) is 22.1. The third-order valence-electron chi connectivity index (χ3n) is 6.16. The van der Waals surface area contributed by atoms with Crippen molar-refractivity contribution in [1.82, 2.24) is 9.88 Å². The van der Waals surface area contributed by atoms with Gasteiger partial charge in [-0.05, 0) is 83.6 Å². The fraction of sp³-hybridized carbons (Fsp3) is 0.138. The van der Waals surface area contributed by atoms with Crippen LogP contribution in [0.15, 0.2) is 77.8 Å². The van der Waals surface area contributed by atoms with Gasteiger partial charge >= 0.3 is 5.97 Å². The summed E-state index contributed by atoms with van der Waals surface area (Å²) < 4.78 is 11.8. The maximum atomic E-state index is 13.1. The van der Waals surface area contributed by atoms with E-state index in [1.165, 1.54) is 23.9 Å². The summed E-state index contributed by atoms with van der Waals surface area (Å²) in [7, 11) is 1.65. The number of carboxylic acid groups (broad SMARTS) is 1. The van der Waals surface area contributed by atoms with Crippen molar-refractivity contribution in [3.8, 4) is 22.6 Å². The highest BCUT2D eigenvalue weighted by atomic mass is 32.2. The van der Waals surface area contributed by atoms with E-state index in [9.17, 15) is 9.59 Å². The minimum Gasteiger partial charge on any atom is -0.496 e. The van der Waals surface area contributed by atoms with E-state index in [-0.39, 0.29) is 11.5 Å². The lowest BCUT2D eigenvalue weighted by Gasteiger charge is -2.14. The van der Waals surface area contributed by atoms with Crippen molar-refractivity contribution in [3.05, 3.63) is 89.0 Å². The molecule has 0 radical (unpaired) electrons. The summed E-state index contributed by atoms with van der Waals surface area (Å²) in [6, 6.07) is 20.3. The van der Waals surface area contributed by atoms with E-state index in [0.29, 0.717) is 34.5 Å². The molecule has 0 bridgehead atoms. The van der Waals surface area contributed by atoms with Crippen LogP contribution in [-0.2, 0) is 4.79 Å². The second-order valence-electron chi connectivity index (χ2n) is 8.60. The molecule has 4 aromatic rings. The number of aromatic carboxylic acids is 1. The van der Waals surface area contributed by atoms with Gasteiger partial charge in [-0.15, -0.1) is 0 Å². The minimum atomic E-state index is -0.983. The molecule has 1 aliphatic rings. The third-order valence-corrected chi connectivity index (χ3v) is 7.53. The third kappa shape index (κ3) is 5.44. The van der Waals surface area contributed by atoms with Crippen LogP contribution in [0.2, 0.25) is 0 Å². The van der Waals surface area contributed by atoms with Gasteiger partial charge in [0.25, 0.3) is 5.91 Å². The number of H-pyrrole nitrogens is 1. The number of carboxylic acids is 1. The summed E-state index contributed by atoms with van der Waals surface area (Å²) in [4.78, 5) is 29.4. The van der Waals surface area contributed by atoms with Crippen LogP contribution in [0.3, 0.4) is 0 Å². The van der Waals surface area contributed by atoms with Crippen LogP contribution in [0, 0.1) is 0 Å². The number of aromatic nitrogens is 1. The highest BCUT2D eigenvalue weighted by Crippen LogP contribution is 2.36. The van der Waals surface area contributed by atoms with E-state index in [0.717, 1.165) is 33.3 Å². The predicted molar refractivity (Wildman–Crippen MR) is 154 cm³/mol. The average Bonchev–Trinajstić information content (AvgIpc) is 3.50. The standard InChI is InChI=1S/C29H24N2O5S2/c1-35-25-10-3-18(15-23(25)20-6-9-24-21(17-20)11-12-30-24)16-26-27(32)31(29(37)38-26)13-2-14-36-22-7-4-19(5-8-22)28(33)34/h3-12,15-17,30H,2,13-14H2,1H3,(H,33,34)/b26-16-. The number of methoxy groups -OCH3 is 1. The average molecular weight is 545 g/mol. The van der Waals surface area contributed by atoms with Gasteiger partial charge in [-0.2, -0.15) is 0 Å². The number of hydrogen-bond acceptors (Lipinski definition) is 6. The van der Waals surface area contributed by atoms with Crippen LogP contribution in [0.25, 0.3) is 28.1 Å². The first-order valence-corrected chi connectivity index (χ1v) is 13.1. The highest BCUT2D eigenvalue weighted by Gasteiger charge is 2.31. The highest BCUT2D eigenvalue weighted by molar-refractivity contribution is 8.26. The molecule has 0 aliphatic carbocycles. The summed E-state index contributed by atoms with van der Waals surface area (Å²) in [5.74, 6) is 0.216. The molecule has 9 heteroatoms. The molecule has 0 spiro atoms. The molecule has 1 fully saturated rings. The Balaban J connectivity index is 1.26. The molecule has 2 N–H and O–H groups in total. The van der Waals surface area contributed by atoms with Crippen molar-refractivity contribution in [2.45, 2.75) is 6.42 Å². The van der Waals surface area contributed by atoms with Crippen molar-refractivity contribution < 1.29 is 24.2 Å². The van der Waals surface area contributed by atoms with Gasteiger partial charge in [0.15, 0.2) is 0 Å². The minimum absolute atomic E-state index is 0.128. The molecule has 0 unspecified atom stereocenters. The molecular formula is C29H24N2O5S2. The summed E-state index contributed by atoms with van der Waals surface area (Å²) in [5, 5.41) is 10.1. The number of amides is 1. The van der Waals surface area contributed by atoms with Crippen molar-refractivity contribution in [2.75, 3.05) is 20.3 Å². The SMILES string of the molecule is COc1ccc(/C=C2\SC(=S)N(CCCOc3ccc(C(=O)O)cc3)C2=O)cc1-c1ccc2[nH]ccc2c1. The molecule has 192 valence electrons. The van der Waals surface area contributed by atoms with E-state index < -0.39 is 5.97 Å². The Bertz CT molecular complexity index is 1560. The zero-order chi connectivity index (χ0) is 26.6. The smallest absolute Gasteiger partial charge is 0.335 e. The molecule has 1 saturated heterocycles. The summed E-state index contributed by atoms with van der Waals surface area (Å²) >= 11 is 6.77. The first-order chi connectivity index (χ1) is 18.4. The first kappa shape index (κ1) is 25.6. The Hall–Kier alpha value is -4.08. The van der Waals surface area contributed by atoms with Crippen molar-refractivity contribution in [2.24, 2.45) is 0 Å². The van der Waals surface area contributed by atoms with Gasteiger partial charge in [0.05, 0.1) is 24.2 Å². The van der Waals surface area contributed by atoms with Crippen LogP contribution in [-0.4, -0.2) is 51.4 Å². The van der Waals surface area contributed by atoms with Crippen molar-refractivity contribution >= 4 is 57.2 Å². The lowest BCUT2D eigenvalue weighted by molar-refractivity contribution is -0.122. The van der Waals surface area contributed by atoms with Gasteiger partial charge in [-0.25, -0.2) is 4.79 Å². The van der Waals surface area contributed by atoms with Gasteiger partial charge in [0, 0.05) is 23.8 Å². The lowest BCUT2D eigenvalue weighted by atomic mass is 10.0. The Morgan fingerprint density at radius 3 is 2.68 bits per heavy atom. The maximum Gasteiger partial charge on any atom is 0.335 e.